The van der Waals surface area contributed by atoms with Crippen LogP contribution in [0.5, 0.6) is 0 Å². The number of hydrogen-bond donors (Lipinski definition) is 0. The molecule has 4 rings (SSSR count). The molecule has 0 aromatic heterocycles. The van der Waals surface area contributed by atoms with E-state index < -0.39 is 0 Å². The predicted octanol–water partition coefficient (Wildman–Crippen LogP) is 2.66. The molecule has 1 aliphatic carbocycles. The number of nitrogens with zero attached hydrogens (tertiary/aromatic N) is 3. The maximum absolute atomic E-state index is 13.2. The summed E-state index contributed by atoms with van der Waals surface area (Å²) in [5.74, 6) is 0.843. The van der Waals surface area contributed by atoms with Gasteiger partial charge in [0.25, 0.3) is 0 Å². The lowest BCUT2D eigenvalue weighted by molar-refractivity contribution is -0.143. The first-order chi connectivity index (χ1) is 14.2. The van der Waals surface area contributed by atoms with Crippen LogP contribution in [-0.2, 0) is 14.3 Å². The van der Waals surface area contributed by atoms with Gasteiger partial charge in [-0.2, -0.15) is 0 Å². The molecule has 0 bridgehead atoms. The Labute approximate surface area is 175 Å². The number of likely N-dealkylation sites (tertiary alicyclic amines) is 2. The Morgan fingerprint density at radius 2 is 1.72 bits per heavy atom. The van der Waals surface area contributed by atoms with E-state index in [1.807, 2.05) is 4.90 Å². The summed E-state index contributed by atoms with van der Waals surface area (Å²) in [5.41, 5.74) is 0. The topological polar surface area (TPSA) is 53.1 Å². The zero-order chi connectivity index (χ0) is 20.1. The van der Waals surface area contributed by atoms with Crippen LogP contribution in [0.4, 0.5) is 0 Å². The molecule has 0 radical (unpaired) electrons. The monoisotopic (exact) mass is 405 g/mol. The molecule has 29 heavy (non-hydrogen) atoms. The van der Waals surface area contributed by atoms with E-state index in [0.29, 0.717) is 18.9 Å². The molecule has 0 unspecified atom stereocenters. The SMILES string of the molecule is O=C1CCCCN1CC(=O)N(CC1CCN(C2CCCC2)CC1)C[C@@H]1CCCO1. The highest BCUT2D eigenvalue weighted by atomic mass is 16.5. The molecule has 1 saturated carbocycles. The van der Waals surface area contributed by atoms with Gasteiger partial charge in [-0.1, -0.05) is 12.8 Å². The summed E-state index contributed by atoms with van der Waals surface area (Å²) in [5, 5.41) is 0. The van der Waals surface area contributed by atoms with E-state index in [2.05, 4.69) is 4.90 Å². The molecule has 1 atom stereocenters. The second-order valence-electron chi connectivity index (χ2n) is 9.62. The Bertz CT molecular complexity index is 550. The molecular weight excluding hydrogens is 366 g/mol. The highest BCUT2D eigenvalue weighted by molar-refractivity contribution is 5.85. The van der Waals surface area contributed by atoms with Crippen LogP contribution in [-0.4, -0.2) is 84.5 Å². The number of carbonyl (C=O) groups excluding carboxylic acids is 2. The Balaban J connectivity index is 1.31. The normalized spacial score (nSPS) is 27.7. The van der Waals surface area contributed by atoms with Crippen molar-refractivity contribution in [1.82, 2.24) is 14.7 Å². The lowest BCUT2D eigenvalue weighted by Gasteiger charge is -2.38. The third-order valence-electron chi connectivity index (χ3n) is 7.52. The third-order valence-corrected chi connectivity index (χ3v) is 7.52. The Hall–Kier alpha value is -1.14. The second-order valence-corrected chi connectivity index (χ2v) is 9.62. The number of ether oxygens (including phenoxy) is 1. The van der Waals surface area contributed by atoms with Crippen molar-refractivity contribution in [3.63, 3.8) is 0 Å². The first kappa shape index (κ1) is 21.1. The molecule has 3 heterocycles. The quantitative estimate of drug-likeness (QED) is 0.653. The minimum absolute atomic E-state index is 0.119. The minimum atomic E-state index is 0.119. The van der Waals surface area contributed by atoms with Crippen LogP contribution < -0.4 is 0 Å². The van der Waals surface area contributed by atoms with Gasteiger partial charge in [0.05, 0.1) is 12.6 Å². The van der Waals surface area contributed by atoms with Gasteiger partial charge in [-0.3, -0.25) is 9.59 Å². The van der Waals surface area contributed by atoms with Gasteiger partial charge in [0.1, 0.15) is 0 Å². The molecule has 3 saturated heterocycles. The molecule has 0 spiro atoms. The maximum Gasteiger partial charge on any atom is 0.242 e. The highest BCUT2D eigenvalue weighted by Crippen LogP contribution is 2.28. The molecule has 4 fully saturated rings. The van der Waals surface area contributed by atoms with Gasteiger partial charge in [0.15, 0.2) is 0 Å². The smallest absolute Gasteiger partial charge is 0.242 e. The summed E-state index contributed by atoms with van der Waals surface area (Å²) < 4.78 is 5.84. The zero-order valence-corrected chi connectivity index (χ0v) is 18.0. The average molecular weight is 406 g/mol. The van der Waals surface area contributed by atoms with Crippen LogP contribution in [0.1, 0.15) is 70.6 Å². The van der Waals surface area contributed by atoms with E-state index in [-0.39, 0.29) is 24.5 Å². The summed E-state index contributed by atoms with van der Waals surface area (Å²) in [6.07, 6.45) is 12.8. The predicted molar refractivity (Wildman–Crippen MR) is 113 cm³/mol. The fourth-order valence-corrected chi connectivity index (χ4v) is 5.69. The van der Waals surface area contributed by atoms with E-state index >= 15 is 0 Å². The van der Waals surface area contributed by atoms with Gasteiger partial charge in [-0.15, -0.1) is 0 Å². The fourth-order valence-electron chi connectivity index (χ4n) is 5.69. The Kier molecular flexibility index (Phi) is 7.46. The van der Waals surface area contributed by atoms with Crippen molar-refractivity contribution < 1.29 is 14.3 Å². The summed E-state index contributed by atoms with van der Waals surface area (Å²) in [7, 11) is 0. The molecule has 3 aliphatic heterocycles. The number of amides is 2. The van der Waals surface area contributed by atoms with Gasteiger partial charge in [-0.25, -0.2) is 0 Å². The molecule has 6 heteroatoms. The maximum atomic E-state index is 13.2. The highest BCUT2D eigenvalue weighted by Gasteiger charge is 2.31. The molecule has 2 amide bonds. The summed E-state index contributed by atoms with van der Waals surface area (Å²) in [6, 6.07) is 0.811. The molecule has 164 valence electrons. The van der Waals surface area contributed by atoms with Gasteiger partial charge < -0.3 is 19.4 Å². The lowest BCUT2D eigenvalue weighted by Crippen LogP contribution is -2.49. The average Bonchev–Trinajstić information content (AvgIpc) is 3.44. The van der Waals surface area contributed by atoms with Crippen molar-refractivity contribution in [3.8, 4) is 0 Å². The lowest BCUT2D eigenvalue weighted by atomic mass is 9.94. The standard InChI is InChI=1S/C23H39N3O3/c27-22-9-3-4-12-25(22)18-23(28)26(17-21-8-5-15-29-21)16-19-10-13-24(14-11-19)20-6-1-2-7-20/h19-21H,1-18H2/t21-/m0/s1. The largest absolute Gasteiger partial charge is 0.376 e. The first-order valence-corrected chi connectivity index (χ1v) is 12.1. The van der Waals surface area contributed by atoms with Crippen LogP contribution >= 0.6 is 0 Å². The van der Waals surface area contributed by atoms with Gasteiger partial charge >= 0.3 is 0 Å². The molecule has 0 aromatic rings. The van der Waals surface area contributed by atoms with Crippen molar-refractivity contribution in [2.75, 3.05) is 45.9 Å². The van der Waals surface area contributed by atoms with E-state index in [1.165, 1.54) is 51.6 Å². The van der Waals surface area contributed by atoms with Crippen molar-refractivity contribution in [3.05, 3.63) is 0 Å². The number of carbonyl (C=O) groups is 2. The summed E-state index contributed by atoms with van der Waals surface area (Å²) in [6.45, 7) is 5.70. The molecule has 6 nitrogen and oxygen atoms in total. The van der Waals surface area contributed by atoms with E-state index in [4.69, 9.17) is 4.74 Å². The zero-order valence-electron chi connectivity index (χ0n) is 18.0. The van der Waals surface area contributed by atoms with Crippen LogP contribution in [0, 0.1) is 5.92 Å². The van der Waals surface area contributed by atoms with E-state index in [9.17, 15) is 9.59 Å². The van der Waals surface area contributed by atoms with Gasteiger partial charge in [-0.05, 0) is 70.4 Å². The molecule has 0 N–H and O–H groups in total. The third kappa shape index (κ3) is 5.72. The number of rotatable bonds is 7. The van der Waals surface area contributed by atoms with Crippen LogP contribution in [0.25, 0.3) is 0 Å². The van der Waals surface area contributed by atoms with Gasteiger partial charge in [0.2, 0.25) is 11.8 Å². The number of piperidine rings is 2. The van der Waals surface area contributed by atoms with E-state index in [1.54, 1.807) is 4.90 Å². The molecule has 4 aliphatic rings. The van der Waals surface area contributed by atoms with Gasteiger partial charge in [0, 0.05) is 38.7 Å². The first-order valence-electron chi connectivity index (χ1n) is 12.1. The van der Waals surface area contributed by atoms with Crippen LogP contribution in [0.3, 0.4) is 0 Å². The number of hydrogen-bond acceptors (Lipinski definition) is 4. The summed E-state index contributed by atoms with van der Waals surface area (Å²) >= 11 is 0. The molecule has 0 aromatic carbocycles. The fraction of sp³-hybridized carbons (Fsp3) is 0.913. The van der Waals surface area contributed by atoms with Crippen molar-refractivity contribution in [1.29, 1.82) is 0 Å². The summed E-state index contributed by atoms with van der Waals surface area (Å²) in [4.78, 5) is 31.8. The van der Waals surface area contributed by atoms with Crippen molar-refractivity contribution in [2.45, 2.75) is 82.8 Å². The van der Waals surface area contributed by atoms with Crippen LogP contribution in [0.2, 0.25) is 0 Å². The Morgan fingerprint density at radius 3 is 2.41 bits per heavy atom. The Morgan fingerprint density at radius 1 is 0.931 bits per heavy atom. The minimum Gasteiger partial charge on any atom is -0.376 e. The van der Waals surface area contributed by atoms with Crippen molar-refractivity contribution >= 4 is 11.8 Å². The van der Waals surface area contributed by atoms with Crippen LogP contribution in [0.15, 0.2) is 0 Å². The van der Waals surface area contributed by atoms with Crippen molar-refractivity contribution in [2.24, 2.45) is 5.92 Å². The molecular formula is C23H39N3O3. The second kappa shape index (κ2) is 10.3. The van der Waals surface area contributed by atoms with E-state index in [0.717, 1.165) is 51.4 Å².